The Morgan fingerprint density at radius 3 is 2.51 bits per heavy atom. The van der Waals surface area contributed by atoms with Crippen LogP contribution in [0.5, 0.6) is 0 Å². The van der Waals surface area contributed by atoms with Gasteiger partial charge >= 0.3 is 0 Å². The molecule has 1 aromatic heterocycles. The highest BCUT2D eigenvalue weighted by molar-refractivity contribution is 6.31. The van der Waals surface area contributed by atoms with E-state index in [-0.39, 0.29) is 5.91 Å². The number of anilines is 2. The molecule has 4 rings (SSSR count). The molecule has 0 atom stereocenters. The molecule has 3 aromatic rings. The maximum absolute atomic E-state index is 12.7. The van der Waals surface area contributed by atoms with Gasteiger partial charge in [0, 0.05) is 59.9 Å². The van der Waals surface area contributed by atoms with Crippen LogP contribution in [-0.2, 0) is 11.3 Å². The number of carbonyl (C=O) groups is 1. The first-order valence-corrected chi connectivity index (χ1v) is 12.6. The predicted molar refractivity (Wildman–Crippen MR) is 145 cm³/mol. The molecule has 0 saturated carbocycles. The molecule has 6 nitrogen and oxygen atoms in total. The van der Waals surface area contributed by atoms with E-state index in [0.717, 1.165) is 71.5 Å². The monoisotopic (exact) mass is 491 g/mol. The first-order valence-electron chi connectivity index (χ1n) is 12.2. The molecular weight excluding hydrogens is 458 g/mol. The summed E-state index contributed by atoms with van der Waals surface area (Å²) in [6.07, 6.45) is 3.42. The van der Waals surface area contributed by atoms with Gasteiger partial charge in [-0.05, 0) is 68.8 Å². The van der Waals surface area contributed by atoms with E-state index >= 15 is 0 Å². The first kappa shape index (κ1) is 25.0. The zero-order chi connectivity index (χ0) is 24.9. The number of carbonyl (C=O) groups excluding carboxylic acids is 1. The number of aromatic nitrogens is 2. The number of nitrogens with zero attached hydrogens (tertiary/aromatic N) is 4. The van der Waals surface area contributed by atoms with Gasteiger partial charge in [0.15, 0.2) is 0 Å². The molecule has 1 aliphatic rings. The van der Waals surface area contributed by atoms with E-state index in [0.29, 0.717) is 6.54 Å². The molecule has 2 aromatic carbocycles. The summed E-state index contributed by atoms with van der Waals surface area (Å²) >= 11 is 6.32. The number of piperazine rings is 1. The van der Waals surface area contributed by atoms with Gasteiger partial charge in [0.25, 0.3) is 0 Å². The molecule has 0 spiro atoms. The zero-order valence-corrected chi connectivity index (χ0v) is 21.8. The van der Waals surface area contributed by atoms with Gasteiger partial charge in [0.1, 0.15) is 0 Å². The van der Waals surface area contributed by atoms with Crippen molar-refractivity contribution in [2.75, 3.05) is 42.9 Å². The summed E-state index contributed by atoms with van der Waals surface area (Å²) in [4.78, 5) is 17.6. The van der Waals surface area contributed by atoms with Gasteiger partial charge in [-0.15, -0.1) is 0 Å². The van der Waals surface area contributed by atoms with E-state index in [1.165, 1.54) is 5.69 Å². The van der Waals surface area contributed by atoms with Gasteiger partial charge in [-0.3, -0.25) is 9.48 Å². The van der Waals surface area contributed by atoms with Crippen LogP contribution in [0.25, 0.3) is 6.08 Å². The fourth-order valence-corrected chi connectivity index (χ4v) is 4.73. The Balaban J connectivity index is 1.40. The van der Waals surface area contributed by atoms with Gasteiger partial charge in [-0.1, -0.05) is 36.7 Å². The Hall–Kier alpha value is -3.09. The summed E-state index contributed by atoms with van der Waals surface area (Å²) in [6, 6.07) is 14.0. The van der Waals surface area contributed by atoms with Crippen LogP contribution in [0.15, 0.2) is 48.5 Å². The molecule has 1 saturated heterocycles. The van der Waals surface area contributed by atoms with Crippen LogP contribution in [0.3, 0.4) is 0 Å². The third kappa shape index (κ3) is 5.95. The molecule has 7 heteroatoms. The second-order valence-corrected chi connectivity index (χ2v) is 9.48. The highest BCUT2D eigenvalue weighted by Crippen LogP contribution is 2.24. The lowest BCUT2D eigenvalue weighted by atomic mass is 10.1. The number of amides is 1. The minimum absolute atomic E-state index is 0.157. The predicted octanol–water partition coefficient (Wildman–Crippen LogP) is 5.30. The number of nitrogens with one attached hydrogen (secondary N) is 1. The molecule has 35 heavy (non-hydrogen) atoms. The fourth-order valence-electron chi connectivity index (χ4n) is 4.53. The highest BCUT2D eigenvalue weighted by Gasteiger charge is 2.17. The summed E-state index contributed by atoms with van der Waals surface area (Å²) in [6.45, 7) is 14.2. The SMILES string of the molecule is CCN1CCN(c2ccc(NC(=O)/C=C/c3c(C)nn(Cc4ccccc4Cl)c3C)c(C)c2)CC1. The molecule has 1 N–H and O–H groups in total. The van der Waals surface area contributed by atoms with Crippen molar-refractivity contribution in [1.29, 1.82) is 0 Å². The summed E-state index contributed by atoms with van der Waals surface area (Å²) in [5, 5.41) is 8.40. The summed E-state index contributed by atoms with van der Waals surface area (Å²) in [7, 11) is 0. The van der Waals surface area contributed by atoms with Crippen molar-refractivity contribution in [3.05, 3.63) is 81.6 Å². The maximum Gasteiger partial charge on any atom is 0.248 e. The second kappa shape index (κ2) is 11.1. The lowest BCUT2D eigenvalue weighted by molar-refractivity contribution is -0.111. The topological polar surface area (TPSA) is 53.4 Å². The Morgan fingerprint density at radius 2 is 1.83 bits per heavy atom. The third-order valence-electron chi connectivity index (χ3n) is 6.77. The number of aryl methyl sites for hydroxylation is 2. The van der Waals surface area contributed by atoms with Gasteiger partial charge < -0.3 is 15.1 Å². The molecule has 1 amide bonds. The number of hydrogen-bond acceptors (Lipinski definition) is 4. The van der Waals surface area contributed by atoms with Crippen LogP contribution in [-0.4, -0.2) is 53.3 Å². The van der Waals surface area contributed by atoms with Crippen molar-refractivity contribution >= 4 is 35.0 Å². The third-order valence-corrected chi connectivity index (χ3v) is 7.14. The Bertz CT molecular complexity index is 1220. The highest BCUT2D eigenvalue weighted by atomic mass is 35.5. The van der Waals surface area contributed by atoms with Crippen LogP contribution >= 0.6 is 11.6 Å². The lowest BCUT2D eigenvalue weighted by Gasteiger charge is -2.35. The molecular formula is C28H34ClN5O. The minimum atomic E-state index is -0.157. The normalized spacial score (nSPS) is 14.6. The van der Waals surface area contributed by atoms with Crippen molar-refractivity contribution in [3.8, 4) is 0 Å². The van der Waals surface area contributed by atoms with Crippen molar-refractivity contribution in [1.82, 2.24) is 14.7 Å². The Labute approximate surface area is 213 Å². The number of halogens is 1. The van der Waals surface area contributed by atoms with Crippen molar-refractivity contribution < 1.29 is 4.79 Å². The summed E-state index contributed by atoms with van der Waals surface area (Å²) < 4.78 is 1.93. The molecule has 0 unspecified atom stereocenters. The van der Waals surface area contributed by atoms with Gasteiger partial charge in [0.2, 0.25) is 5.91 Å². The van der Waals surface area contributed by atoms with Crippen molar-refractivity contribution in [2.24, 2.45) is 0 Å². The second-order valence-electron chi connectivity index (χ2n) is 9.08. The van der Waals surface area contributed by atoms with Crippen molar-refractivity contribution in [3.63, 3.8) is 0 Å². The molecule has 0 aliphatic carbocycles. The number of benzene rings is 2. The standard InChI is InChI=1S/C28H34ClN5O/c1-5-32-14-16-33(17-15-32)24-10-12-27(20(2)18-24)30-28(35)13-11-25-21(3)31-34(22(25)4)19-23-8-6-7-9-26(23)29/h6-13,18H,5,14-17,19H2,1-4H3,(H,30,35)/b13-11+. The van der Waals surface area contributed by atoms with Crippen LogP contribution in [0.2, 0.25) is 5.02 Å². The molecule has 1 fully saturated rings. The molecule has 0 radical (unpaired) electrons. The molecule has 2 heterocycles. The quantitative estimate of drug-likeness (QED) is 0.455. The van der Waals surface area contributed by atoms with E-state index in [4.69, 9.17) is 11.6 Å². The number of likely N-dealkylation sites (N-methyl/N-ethyl adjacent to an activating group) is 1. The molecule has 1 aliphatic heterocycles. The van der Waals surface area contributed by atoms with E-state index < -0.39 is 0 Å². The van der Waals surface area contributed by atoms with Gasteiger partial charge in [-0.2, -0.15) is 5.10 Å². The zero-order valence-electron chi connectivity index (χ0n) is 21.0. The van der Waals surface area contributed by atoms with Gasteiger partial charge in [-0.25, -0.2) is 0 Å². The minimum Gasteiger partial charge on any atom is -0.369 e. The molecule has 0 bridgehead atoms. The number of hydrogen-bond donors (Lipinski definition) is 1. The van der Waals surface area contributed by atoms with Crippen LogP contribution in [0.4, 0.5) is 11.4 Å². The van der Waals surface area contributed by atoms with Crippen LogP contribution in [0.1, 0.15) is 35.0 Å². The smallest absolute Gasteiger partial charge is 0.248 e. The lowest BCUT2D eigenvalue weighted by Crippen LogP contribution is -2.46. The van der Waals surface area contributed by atoms with Crippen LogP contribution in [0, 0.1) is 20.8 Å². The van der Waals surface area contributed by atoms with E-state index in [1.54, 1.807) is 6.08 Å². The van der Waals surface area contributed by atoms with Crippen molar-refractivity contribution in [2.45, 2.75) is 34.2 Å². The Morgan fingerprint density at radius 1 is 1.09 bits per heavy atom. The van der Waals surface area contributed by atoms with Gasteiger partial charge in [0.05, 0.1) is 12.2 Å². The first-order chi connectivity index (χ1) is 16.9. The van der Waals surface area contributed by atoms with E-state index in [1.807, 2.05) is 61.9 Å². The summed E-state index contributed by atoms with van der Waals surface area (Å²) in [5.74, 6) is -0.157. The number of rotatable bonds is 7. The maximum atomic E-state index is 12.7. The fraction of sp³-hybridized carbons (Fsp3) is 0.357. The summed E-state index contributed by atoms with van der Waals surface area (Å²) in [5.41, 5.74) is 6.94. The Kier molecular flexibility index (Phi) is 7.93. The largest absolute Gasteiger partial charge is 0.369 e. The van der Waals surface area contributed by atoms with Crippen LogP contribution < -0.4 is 10.2 Å². The van der Waals surface area contributed by atoms with E-state index in [2.05, 4.69) is 39.3 Å². The average Bonchev–Trinajstić information content (AvgIpc) is 3.12. The molecule has 184 valence electrons. The van der Waals surface area contributed by atoms with E-state index in [9.17, 15) is 4.79 Å². The average molecular weight is 492 g/mol.